The van der Waals surface area contributed by atoms with Crippen LogP contribution in [0.5, 0.6) is 17.2 Å². The first-order chi connectivity index (χ1) is 17.0. The van der Waals surface area contributed by atoms with E-state index in [-0.39, 0.29) is 22.7 Å². The van der Waals surface area contributed by atoms with Crippen LogP contribution >= 0.6 is 0 Å². The van der Waals surface area contributed by atoms with Crippen LogP contribution in [0.15, 0.2) is 80.4 Å². The molecule has 5 rings (SSSR count). The highest BCUT2D eigenvalue weighted by molar-refractivity contribution is 5.98. The molecule has 0 bridgehead atoms. The van der Waals surface area contributed by atoms with Crippen molar-refractivity contribution in [1.29, 1.82) is 0 Å². The molecule has 0 amide bonds. The largest absolute Gasteiger partial charge is 0.493 e. The second-order valence-electron chi connectivity index (χ2n) is 8.02. The molecular formula is C28H22O7. The number of methoxy groups -OCH3 is 2. The van der Waals surface area contributed by atoms with Crippen molar-refractivity contribution in [2.24, 2.45) is 0 Å². The predicted octanol–water partition coefficient (Wildman–Crippen LogP) is 5.79. The summed E-state index contributed by atoms with van der Waals surface area (Å²) in [5.41, 5.74) is 2.11. The molecule has 0 radical (unpaired) electrons. The second-order valence-corrected chi connectivity index (χ2v) is 8.02. The molecule has 2 aromatic heterocycles. The molecule has 5 aromatic rings. The van der Waals surface area contributed by atoms with Crippen LogP contribution in [-0.4, -0.2) is 26.6 Å². The summed E-state index contributed by atoms with van der Waals surface area (Å²) in [6.07, 6.45) is 0. The van der Waals surface area contributed by atoms with Crippen molar-refractivity contribution >= 4 is 27.7 Å². The Bertz CT molecular complexity index is 1590. The van der Waals surface area contributed by atoms with E-state index in [4.69, 9.17) is 23.0 Å². The van der Waals surface area contributed by atoms with Gasteiger partial charge in [0, 0.05) is 10.9 Å². The molecule has 7 nitrogen and oxygen atoms in total. The number of hydrogen-bond acceptors (Lipinski definition) is 7. The average Bonchev–Trinajstić information content (AvgIpc) is 3.32. The van der Waals surface area contributed by atoms with Crippen molar-refractivity contribution in [3.8, 4) is 28.6 Å². The summed E-state index contributed by atoms with van der Waals surface area (Å²) in [6, 6.07) is 19.4. The fourth-order valence-electron chi connectivity index (χ4n) is 3.91. The lowest BCUT2D eigenvalue weighted by molar-refractivity contribution is 0.0894. The van der Waals surface area contributed by atoms with Gasteiger partial charge in [-0.25, -0.2) is 0 Å². The lowest BCUT2D eigenvalue weighted by Gasteiger charge is -2.13. The average molecular weight is 470 g/mol. The predicted molar refractivity (Wildman–Crippen MR) is 132 cm³/mol. The van der Waals surface area contributed by atoms with Crippen molar-refractivity contribution in [3.63, 3.8) is 0 Å². The van der Waals surface area contributed by atoms with E-state index >= 15 is 0 Å². The summed E-state index contributed by atoms with van der Waals surface area (Å²) in [4.78, 5) is 26.3. The minimum Gasteiger partial charge on any atom is -0.493 e. The maximum Gasteiger partial charge on any atom is 0.235 e. The fourth-order valence-corrected chi connectivity index (χ4v) is 3.91. The number of fused-ring (bicyclic) bond motifs is 2. The molecule has 176 valence electrons. The van der Waals surface area contributed by atoms with Gasteiger partial charge in [-0.05, 0) is 55.0 Å². The van der Waals surface area contributed by atoms with E-state index in [1.165, 1.54) is 14.2 Å². The zero-order chi connectivity index (χ0) is 24.5. The highest BCUT2D eigenvalue weighted by Crippen LogP contribution is 2.37. The van der Waals surface area contributed by atoms with Gasteiger partial charge in [0.2, 0.25) is 17.0 Å². The molecule has 35 heavy (non-hydrogen) atoms. The van der Waals surface area contributed by atoms with E-state index in [0.717, 1.165) is 10.9 Å². The van der Waals surface area contributed by atoms with Crippen molar-refractivity contribution in [1.82, 2.24) is 0 Å². The van der Waals surface area contributed by atoms with E-state index in [0.29, 0.717) is 33.6 Å². The number of Topliss-reactive ketones (excluding diaryl/α,β-unsaturated/α-hetero) is 1. The molecule has 7 heteroatoms. The molecule has 0 spiro atoms. The van der Waals surface area contributed by atoms with E-state index in [1.54, 1.807) is 42.5 Å². The summed E-state index contributed by atoms with van der Waals surface area (Å²) in [7, 11) is 3.06. The number of benzene rings is 3. The maximum atomic E-state index is 13.4. The smallest absolute Gasteiger partial charge is 0.235 e. The third-order valence-corrected chi connectivity index (χ3v) is 5.70. The molecule has 0 saturated carbocycles. The van der Waals surface area contributed by atoms with Gasteiger partial charge in [-0.15, -0.1) is 0 Å². The summed E-state index contributed by atoms with van der Waals surface area (Å²) >= 11 is 0. The molecule has 0 saturated heterocycles. The van der Waals surface area contributed by atoms with Crippen LogP contribution in [-0.2, 0) is 0 Å². The highest BCUT2D eigenvalue weighted by Gasteiger charge is 2.22. The van der Waals surface area contributed by atoms with Gasteiger partial charge in [-0.2, -0.15) is 0 Å². The Balaban J connectivity index is 1.58. The van der Waals surface area contributed by atoms with E-state index in [9.17, 15) is 9.59 Å². The van der Waals surface area contributed by atoms with Gasteiger partial charge < -0.3 is 23.0 Å². The number of furan rings is 1. The van der Waals surface area contributed by atoms with Crippen LogP contribution < -0.4 is 19.6 Å². The van der Waals surface area contributed by atoms with Gasteiger partial charge in [0.25, 0.3) is 0 Å². The number of carbonyl (C=O) groups excluding carboxylic acids is 1. The van der Waals surface area contributed by atoms with E-state index < -0.39 is 12.4 Å². The Hall–Kier alpha value is -4.52. The van der Waals surface area contributed by atoms with Crippen LogP contribution in [0.3, 0.4) is 0 Å². The SMILES string of the molecule is COc1ccc(-c2oc3cc(C)ccc3c(=O)c2OCC(=O)c2cc3ccccc3o2)cc1OC. The molecule has 0 fully saturated rings. The zero-order valence-corrected chi connectivity index (χ0v) is 19.4. The topological polar surface area (TPSA) is 88.1 Å². The van der Waals surface area contributed by atoms with Crippen molar-refractivity contribution < 1.29 is 27.8 Å². The Kier molecular flexibility index (Phi) is 5.74. The highest BCUT2D eigenvalue weighted by atomic mass is 16.5. The minimum atomic E-state index is -0.401. The molecule has 2 heterocycles. The third-order valence-electron chi connectivity index (χ3n) is 5.70. The van der Waals surface area contributed by atoms with Crippen molar-refractivity contribution in [3.05, 3.63) is 88.3 Å². The zero-order valence-electron chi connectivity index (χ0n) is 19.4. The molecule has 3 aromatic carbocycles. The number of para-hydroxylation sites is 1. The van der Waals surface area contributed by atoms with Crippen LogP contribution in [0.1, 0.15) is 16.1 Å². The standard InChI is InChI=1S/C28H22O7/c1-16-8-10-19-23(12-16)35-27(18-9-11-22(31-2)25(14-18)32-3)28(26(19)30)33-15-20(29)24-13-17-6-4-5-7-21(17)34-24/h4-14H,15H2,1-3H3. The quantitative estimate of drug-likeness (QED) is 0.278. The third kappa shape index (κ3) is 4.12. The molecule has 0 aliphatic heterocycles. The molecule has 0 aliphatic carbocycles. The van der Waals surface area contributed by atoms with Crippen LogP contribution in [0, 0.1) is 6.92 Å². The number of aryl methyl sites for hydroxylation is 1. The first-order valence-corrected chi connectivity index (χ1v) is 10.9. The minimum absolute atomic E-state index is 0.0713. The van der Waals surface area contributed by atoms with Crippen molar-refractivity contribution in [2.75, 3.05) is 20.8 Å². The molecule has 0 N–H and O–H groups in total. The van der Waals surface area contributed by atoms with Gasteiger partial charge in [-0.1, -0.05) is 24.3 Å². The monoisotopic (exact) mass is 470 g/mol. The van der Waals surface area contributed by atoms with E-state index in [2.05, 4.69) is 0 Å². The van der Waals surface area contributed by atoms with Gasteiger partial charge in [0.15, 0.2) is 29.6 Å². The number of hydrogen-bond donors (Lipinski definition) is 0. The van der Waals surface area contributed by atoms with Crippen LogP contribution in [0.25, 0.3) is 33.3 Å². The van der Waals surface area contributed by atoms with Crippen LogP contribution in [0.2, 0.25) is 0 Å². The number of rotatable bonds is 7. The van der Waals surface area contributed by atoms with Gasteiger partial charge in [0.05, 0.1) is 19.6 Å². The van der Waals surface area contributed by atoms with Gasteiger partial charge in [-0.3, -0.25) is 9.59 Å². The summed E-state index contributed by atoms with van der Waals surface area (Å²) in [5.74, 6) is 0.853. The molecule has 0 atom stereocenters. The Morgan fingerprint density at radius 3 is 2.43 bits per heavy atom. The van der Waals surface area contributed by atoms with Gasteiger partial charge in [0.1, 0.15) is 11.2 Å². The maximum absolute atomic E-state index is 13.4. The second kappa shape index (κ2) is 9.02. The Labute approximate surface area is 200 Å². The number of ether oxygens (including phenoxy) is 3. The normalized spacial score (nSPS) is 11.1. The lowest BCUT2D eigenvalue weighted by atomic mass is 10.1. The van der Waals surface area contributed by atoms with Crippen LogP contribution in [0.4, 0.5) is 0 Å². The van der Waals surface area contributed by atoms with Crippen molar-refractivity contribution in [2.45, 2.75) is 6.92 Å². The Morgan fingerprint density at radius 1 is 0.857 bits per heavy atom. The summed E-state index contributed by atoms with van der Waals surface area (Å²) in [5, 5.41) is 1.16. The molecular weight excluding hydrogens is 448 g/mol. The summed E-state index contributed by atoms with van der Waals surface area (Å²) < 4.78 is 28.3. The number of carbonyl (C=O) groups is 1. The number of ketones is 1. The first kappa shape index (κ1) is 22.3. The Morgan fingerprint density at radius 2 is 1.66 bits per heavy atom. The van der Waals surface area contributed by atoms with E-state index in [1.807, 2.05) is 31.2 Å². The lowest BCUT2D eigenvalue weighted by Crippen LogP contribution is -2.16. The molecule has 0 unspecified atom stereocenters. The summed E-state index contributed by atoms with van der Waals surface area (Å²) in [6.45, 7) is 1.51. The fraction of sp³-hybridized carbons (Fsp3) is 0.143. The first-order valence-electron chi connectivity index (χ1n) is 10.9. The van der Waals surface area contributed by atoms with Gasteiger partial charge >= 0.3 is 0 Å². The molecule has 0 aliphatic rings.